The molecule has 1 aliphatic rings. The summed E-state index contributed by atoms with van der Waals surface area (Å²) in [4.78, 5) is 0. The maximum atomic E-state index is 3.40. The van der Waals surface area contributed by atoms with Crippen LogP contribution < -0.4 is 10.6 Å². The van der Waals surface area contributed by atoms with Gasteiger partial charge in [0.2, 0.25) is 0 Å². The number of nitrogens with one attached hydrogen (secondary N) is 2. The lowest BCUT2D eigenvalue weighted by Crippen LogP contribution is -2.55. The first-order valence-electron chi connectivity index (χ1n) is 3.16. The van der Waals surface area contributed by atoms with Crippen molar-refractivity contribution in [3.8, 4) is 0 Å². The third-order valence-electron chi connectivity index (χ3n) is 1.47. The van der Waals surface area contributed by atoms with Crippen LogP contribution in [0.5, 0.6) is 0 Å². The van der Waals surface area contributed by atoms with Gasteiger partial charge in [-0.25, -0.2) is 0 Å². The Hall–Kier alpha value is 0.500. The molecule has 1 saturated heterocycles. The van der Waals surface area contributed by atoms with E-state index in [1.54, 1.807) is 0 Å². The third kappa shape index (κ3) is 4.34. The minimum absolute atomic E-state index is 0. The van der Waals surface area contributed by atoms with E-state index >= 15 is 0 Å². The zero-order chi connectivity index (χ0) is 6.04. The molecule has 1 rings (SSSR count). The van der Waals surface area contributed by atoms with Gasteiger partial charge in [-0.3, -0.25) is 0 Å². The molecular formula is C6H16Cl2N2. The van der Waals surface area contributed by atoms with Gasteiger partial charge in [0.1, 0.15) is 0 Å². The van der Waals surface area contributed by atoms with E-state index in [0.29, 0.717) is 5.54 Å². The van der Waals surface area contributed by atoms with Crippen LogP contribution >= 0.6 is 24.8 Å². The van der Waals surface area contributed by atoms with Crippen molar-refractivity contribution in [1.82, 2.24) is 10.6 Å². The SMILES string of the molecule is CC1(C)CNCCN1.Cl.Cl. The summed E-state index contributed by atoms with van der Waals surface area (Å²) in [6.45, 7) is 7.72. The molecule has 0 aromatic heterocycles. The van der Waals surface area contributed by atoms with Crippen molar-refractivity contribution in [1.29, 1.82) is 0 Å². The second-order valence-electron chi connectivity index (χ2n) is 2.99. The molecule has 0 radical (unpaired) electrons. The second kappa shape index (κ2) is 5.19. The third-order valence-corrected chi connectivity index (χ3v) is 1.47. The minimum Gasteiger partial charge on any atom is -0.314 e. The first-order valence-corrected chi connectivity index (χ1v) is 3.16. The van der Waals surface area contributed by atoms with Crippen LogP contribution in [0.2, 0.25) is 0 Å². The Balaban J connectivity index is 0. The minimum atomic E-state index is 0. The lowest BCUT2D eigenvalue weighted by molar-refractivity contribution is 0.323. The van der Waals surface area contributed by atoms with Gasteiger partial charge in [-0.2, -0.15) is 0 Å². The molecule has 0 atom stereocenters. The second-order valence-corrected chi connectivity index (χ2v) is 2.99. The highest BCUT2D eigenvalue weighted by Crippen LogP contribution is 2.00. The van der Waals surface area contributed by atoms with E-state index in [4.69, 9.17) is 0 Å². The van der Waals surface area contributed by atoms with Crippen molar-refractivity contribution in [2.45, 2.75) is 19.4 Å². The van der Waals surface area contributed by atoms with Crippen LogP contribution in [0, 0.1) is 0 Å². The van der Waals surface area contributed by atoms with Crippen molar-refractivity contribution in [2.24, 2.45) is 0 Å². The largest absolute Gasteiger partial charge is 0.314 e. The summed E-state index contributed by atoms with van der Waals surface area (Å²) in [5.74, 6) is 0. The van der Waals surface area contributed by atoms with E-state index in [0.717, 1.165) is 19.6 Å². The van der Waals surface area contributed by atoms with Gasteiger partial charge < -0.3 is 10.6 Å². The molecule has 1 aliphatic heterocycles. The van der Waals surface area contributed by atoms with Crippen LogP contribution in [0.4, 0.5) is 0 Å². The van der Waals surface area contributed by atoms with E-state index in [2.05, 4.69) is 24.5 Å². The van der Waals surface area contributed by atoms with Gasteiger partial charge in [-0.05, 0) is 13.8 Å². The lowest BCUT2D eigenvalue weighted by atomic mass is 10.0. The summed E-state index contributed by atoms with van der Waals surface area (Å²) in [7, 11) is 0. The topological polar surface area (TPSA) is 24.1 Å². The molecule has 10 heavy (non-hydrogen) atoms. The molecule has 0 bridgehead atoms. The number of rotatable bonds is 0. The predicted octanol–water partition coefficient (Wildman–Crippen LogP) is 0.801. The average Bonchev–Trinajstić information content (AvgIpc) is 1.65. The normalized spacial score (nSPS) is 22.2. The Morgan fingerprint density at radius 2 is 1.70 bits per heavy atom. The van der Waals surface area contributed by atoms with E-state index < -0.39 is 0 Å². The van der Waals surface area contributed by atoms with Crippen LogP contribution in [-0.4, -0.2) is 25.2 Å². The Labute approximate surface area is 75.0 Å². The Morgan fingerprint density at radius 3 is 1.90 bits per heavy atom. The fourth-order valence-corrected chi connectivity index (χ4v) is 0.953. The fourth-order valence-electron chi connectivity index (χ4n) is 0.953. The summed E-state index contributed by atoms with van der Waals surface area (Å²) >= 11 is 0. The summed E-state index contributed by atoms with van der Waals surface area (Å²) in [6.07, 6.45) is 0. The fraction of sp³-hybridized carbons (Fsp3) is 1.00. The van der Waals surface area contributed by atoms with Gasteiger partial charge in [0.05, 0.1) is 0 Å². The van der Waals surface area contributed by atoms with Crippen LogP contribution in [0.3, 0.4) is 0 Å². The highest BCUT2D eigenvalue weighted by Gasteiger charge is 2.18. The molecule has 4 heteroatoms. The van der Waals surface area contributed by atoms with Crippen molar-refractivity contribution in [3.63, 3.8) is 0 Å². The summed E-state index contributed by atoms with van der Waals surface area (Å²) in [6, 6.07) is 0. The standard InChI is InChI=1S/C6H14N2.2ClH/c1-6(2)5-7-3-4-8-6;;/h7-8H,3-5H2,1-2H3;2*1H. The number of hydrogen-bond acceptors (Lipinski definition) is 2. The molecule has 64 valence electrons. The summed E-state index contributed by atoms with van der Waals surface area (Å²) in [5, 5.41) is 6.71. The molecule has 1 fully saturated rings. The number of hydrogen-bond donors (Lipinski definition) is 2. The molecule has 0 aliphatic carbocycles. The smallest absolute Gasteiger partial charge is 0.0250 e. The zero-order valence-electron chi connectivity index (χ0n) is 6.44. The molecule has 0 aromatic rings. The van der Waals surface area contributed by atoms with Gasteiger partial charge in [0, 0.05) is 25.2 Å². The predicted molar refractivity (Wildman–Crippen MR) is 49.4 cm³/mol. The van der Waals surface area contributed by atoms with Gasteiger partial charge in [0.25, 0.3) is 0 Å². The van der Waals surface area contributed by atoms with Gasteiger partial charge in [0.15, 0.2) is 0 Å². The highest BCUT2D eigenvalue weighted by atomic mass is 35.5. The molecule has 0 amide bonds. The van der Waals surface area contributed by atoms with Crippen molar-refractivity contribution >= 4 is 24.8 Å². The quantitative estimate of drug-likeness (QED) is 0.586. The molecular weight excluding hydrogens is 171 g/mol. The van der Waals surface area contributed by atoms with Gasteiger partial charge >= 0.3 is 0 Å². The van der Waals surface area contributed by atoms with Crippen molar-refractivity contribution in [2.75, 3.05) is 19.6 Å². The molecule has 0 spiro atoms. The zero-order valence-corrected chi connectivity index (χ0v) is 8.07. The maximum Gasteiger partial charge on any atom is 0.0250 e. The monoisotopic (exact) mass is 186 g/mol. The number of piperazine rings is 1. The Bertz CT molecular complexity index is 77.8. The highest BCUT2D eigenvalue weighted by molar-refractivity contribution is 5.85. The molecule has 0 unspecified atom stereocenters. The number of halogens is 2. The Kier molecular flexibility index (Phi) is 6.81. The van der Waals surface area contributed by atoms with Crippen molar-refractivity contribution in [3.05, 3.63) is 0 Å². The van der Waals surface area contributed by atoms with E-state index in [1.807, 2.05) is 0 Å². The molecule has 0 saturated carbocycles. The van der Waals surface area contributed by atoms with E-state index in [9.17, 15) is 0 Å². The Morgan fingerprint density at radius 1 is 1.10 bits per heavy atom. The average molecular weight is 187 g/mol. The molecule has 0 aromatic carbocycles. The van der Waals surface area contributed by atoms with Gasteiger partial charge in [-0.15, -0.1) is 24.8 Å². The molecule has 2 nitrogen and oxygen atoms in total. The summed E-state index contributed by atoms with van der Waals surface area (Å²) in [5.41, 5.74) is 0.318. The first-order chi connectivity index (χ1) is 3.71. The van der Waals surface area contributed by atoms with Gasteiger partial charge in [-0.1, -0.05) is 0 Å². The van der Waals surface area contributed by atoms with Crippen LogP contribution in [0.15, 0.2) is 0 Å². The lowest BCUT2D eigenvalue weighted by Gasteiger charge is -2.31. The molecule has 1 heterocycles. The van der Waals surface area contributed by atoms with Crippen LogP contribution in [-0.2, 0) is 0 Å². The van der Waals surface area contributed by atoms with E-state index in [1.165, 1.54) is 0 Å². The van der Waals surface area contributed by atoms with Crippen molar-refractivity contribution < 1.29 is 0 Å². The molecule has 2 N–H and O–H groups in total. The maximum absolute atomic E-state index is 3.40. The summed E-state index contributed by atoms with van der Waals surface area (Å²) < 4.78 is 0. The van der Waals surface area contributed by atoms with Crippen LogP contribution in [0.1, 0.15) is 13.8 Å². The van der Waals surface area contributed by atoms with Crippen LogP contribution in [0.25, 0.3) is 0 Å². The first kappa shape index (κ1) is 13.1. The van der Waals surface area contributed by atoms with E-state index in [-0.39, 0.29) is 24.8 Å².